The molecule has 206 valence electrons. The highest BCUT2D eigenvalue weighted by Crippen LogP contribution is 2.49. The molecular formula is C30H38FNO6. The summed E-state index contributed by atoms with van der Waals surface area (Å²) in [5, 5.41) is 18.3. The Hall–Kier alpha value is -3.00. The van der Waals surface area contributed by atoms with Crippen LogP contribution >= 0.6 is 0 Å². The lowest BCUT2D eigenvalue weighted by molar-refractivity contribution is -0.141. The summed E-state index contributed by atoms with van der Waals surface area (Å²) in [7, 11) is 0. The van der Waals surface area contributed by atoms with E-state index in [0.29, 0.717) is 44.4 Å². The van der Waals surface area contributed by atoms with E-state index in [-0.39, 0.29) is 47.8 Å². The van der Waals surface area contributed by atoms with Crippen molar-refractivity contribution < 1.29 is 33.7 Å². The molecule has 4 atom stereocenters. The number of unbranched alkanes of at least 4 members (excludes halogenated alkanes) is 2. The van der Waals surface area contributed by atoms with E-state index < -0.39 is 11.8 Å². The molecule has 0 spiro atoms. The van der Waals surface area contributed by atoms with Gasteiger partial charge in [0.1, 0.15) is 0 Å². The summed E-state index contributed by atoms with van der Waals surface area (Å²) in [5.41, 5.74) is 4.20. The number of aromatic hydroxyl groups is 1. The minimum absolute atomic E-state index is 0.0861. The molecule has 1 aliphatic carbocycles. The molecule has 38 heavy (non-hydrogen) atoms. The van der Waals surface area contributed by atoms with E-state index in [1.165, 1.54) is 28.2 Å². The van der Waals surface area contributed by atoms with Crippen molar-refractivity contribution in [3.05, 3.63) is 46.3 Å². The monoisotopic (exact) mass is 527 g/mol. The van der Waals surface area contributed by atoms with Gasteiger partial charge >= 0.3 is 5.97 Å². The van der Waals surface area contributed by atoms with Crippen LogP contribution in [0, 0.1) is 23.6 Å². The predicted octanol–water partition coefficient (Wildman–Crippen LogP) is 5.48. The van der Waals surface area contributed by atoms with Crippen LogP contribution in [0.1, 0.15) is 77.2 Å². The minimum Gasteiger partial charge on any atom is -0.505 e. The van der Waals surface area contributed by atoms with E-state index in [4.69, 9.17) is 9.84 Å². The second kappa shape index (κ2) is 12.2. The number of fused-ring (bicyclic) bond motifs is 3. The van der Waals surface area contributed by atoms with Gasteiger partial charge in [-0.3, -0.25) is 19.3 Å². The first-order chi connectivity index (χ1) is 18.2. The lowest BCUT2D eigenvalue weighted by Gasteiger charge is -2.30. The molecule has 0 radical (unpaired) electrons. The second-order valence-electron chi connectivity index (χ2n) is 10.8. The summed E-state index contributed by atoms with van der Waals surface area (Å²) >= 11 is 0. The SMILES string of the molecule is CCC/C(=C\c1ccc(O)c(F)c1)CC[C@H]1OC[C@H]2C1=C(C)C[C@H]1C(=O)N(CCCCCC(=O)O)C(=O)[C@H]12. The number of imide groups is 1. The number of carbonyl (C=O) groups excluding carboxylic acids is 2. The van der Waals surface area contributed by atoms with Gasteiger partial charge in [-0.1, -0.05) is 43.1 Å². The summed E-state index contributed by atoms with van der Waals surface area (Å²) in [6.07, 6.45) is 7.71. The third kappa shape index (κ3) is 6.01. The van der Waals surface area contributed by atoms with Gasteiger partial charge in [-0.15, -0.1) is 0 Å². The number of phenolic OH excluding ortho intramolecular Hbond substituents is 1. The number of carbonyl (C=O) groups is 3. The molecule has 2 fully saturated rings. The van der Waals surface area contributed by atoms with E-state index in [9.17, 15) is 23.9 Å². The molecule has 4 rings (SSSR count). The Labute approximate surface area is 223 Å². The maximum Gasteiger partial charge on any atom is 0.303 e. The molecule has 0 aromatic heterocycles. The zero-order valence-electron chi connectivity index (χ0n) is 22.2. The average molecular weight is 528 g/mol. The molecule has 2 N–H and O–H groups in total. The molecule has 3 aliphatic rings. The minimum atomic E-state index is -0.833. The van der Waals surface area contributed by atoms with Crippen LogP contribution in [-0.2, 0) is 19.1 Å². The summed E-state index contributed by atoms with van der Waals surface area (Å²) in [6.45, 7) is 4.93. The Bertz CT molecular complexity index is 1140. The highest BCUT2D eigenvalue weighted by atomic mass is 19.1. The van der Waals surface area contributed by atoms with Crippen molar-refractivity contribution in [3.63, 3.8) is 0 Å². The quantitative estimate of drug-likeness (QED) is 0.212. The third-order valence-corrected chi connectivity index (χ3v) is 8.16. The summed E-state index contributed by atoms with van der Waals surface area (Å²) in [4.78, 5) is 38.6. The molecular weight excluding hydrogens is 489 g/mol. The van der Waals surface area contributed by atoms with Crippen LogP contribution in [-0.4, -0.2) is 52.2 Å². The number of halogens is 1. The fraction of sp³-hybridized carbons (Fsp3) is 0.567. The van der Waals surface area contributed by atoms with E-state index in [1.54, 1.807) is 6.07 Å². The van der Waals surface area contributed by atoms with Crippen LogP contribution in [0.3, 0.4) is 0 Å². The van der Waals surface area contributed by atoms with E-state index in [2.05, 4.69) is 13.8 Å². The zero-order chi connectivity index (χ0) is 27.4. The van der Waals surface area contributed by atoms with Crippen molar-refractivity contribution in [3.8, 4) is 5.75 Å². The second-order valence-corrected chi connectivity index (χ2v) is 10.8. The molecule has 2 aliphatic heterocycles. The van der Waals surface area contributed by atoms with Gasteiger partial charge in [0, 0.05) is 18.9 Å². The molecule has 8 heteroatoms. The maximum atomic E-state index is 13.8. The number of rotatable bonds is 12. The number of carboxylic acid groups (broad SMARTS) is 1. The Morgan fingerprint density at radius 1 is 1.13 bits per heavy atom. The van der Waals surface area contributed by atoms with Gasteiger partial charge in [-0.2, -0.15) is 0 Å². The van der Waals surface area contributed by atoms with Gasteiger partial charge < -0.3 is 14.9 Å². The Balaban J connectivity index is 1.41. The standard InChI is InChI=1S/C30H38FNO6/c1-3-7-19(15-20-9-11-24(33)23(31)16-20)10-12-25-27-18(2)14-21-28(22(27)17-38-25)30(37)32(29(21)36)13-6-4-5-8-26(34)35/h9,11,15-16,21-22,25,28,33H,3-8,10,12-14,17H2,1-2H3,(H,34,35)/b19-15+/t21-,22+,25-,28-/m1/s1. The number of aliphatic carboxylic acids is 1. The van der Waals surface area contributed by atoms with Crippen molar-refractivity contribution in [1.82, 2.24) is 4.90 Å². The Morgan fingerprint density at radius 2 is 1.92 bits per heavy atom. The van der Waals surface area contributed by atoms with Gasteiger partial charge in [-0.05, 0) is 68.7 Å². The largest absolute Gasteiger partial charge is 0.505 e. The van der Waals surface area contributed by atoms with Crippen molar-refractivity contribution in [2.24, 2.45) is 17.8 Å². The molecule has 2 heterocycles. The molecule has 0 bridgehead atoms. The highest BCUT2D eigenvalue weighted by molar-refractivity contribution is 6.05. The highest BCUT2D eigenvalue weighted by Gasteiger charge is 2.56. The van der Waals surface area contributed by atoms with Gasteiger partial charge in [0.25, 0.3) is 0 Å². The number of phenols is 1. The first-order valence-corrected chi connectivity index (χ1v) is 13.8. The van der Waals surface area contributed by atoms with Crippen LogP contribution in [0.15, 0.2) is 34.9 Å². The van der Waals surface area contributed by atoms with Gasteiger partial charge in [0.05, 0.1) is 24.5 Å². The van der Waals surface area contributed by atoms with Crippen molar-refractivity contribution in [1.29, 1.82) is 0 Å². The lowest BCUT2D eigenvalue weighted by Crippen LogP contribution is -2.34. The number of carboxylic acids is 1. The van der Waals surface area contributed by atoms with E-state index in [0.717, 1.165) is 31.3 Å². The smallest absolute Gasteiger partial charge is 0.303 e. The van der Waals surface area contributed by atoms with Crippen LogP contribution in [0.25, 0.3) is 6.08 Å². The summed E-state index contributed by atoms with van der Waals surface area (Å²) < 4.78 is 20.1. The van der Waals surface area contributed by atoms with Gasteiger partial charge in [-0.25, -0.2) is 4.39 Å². The number of nitrogens with zero attached hydrogens (tertiary/aromatic N) is 1. The first kappa shape index (κ1) is 28.0. The van der Waals surface area contributed by atoms with E-state index in [1.807, 2.05) is 6.08 Å². The molecule has 0 saturated carbocycles. The van der Waals surface area contributed by atoms with Gasteiger partial charge in [0.15, 0.2) is 11.6 Å². The average Bonchev–Trinajstić information content (AvgIpc) is 3.39. The Kier molecular flexibility index (Phi) is 9.03. The molecule has 1 aromatic carbocycles. The normalized spacial score (nSPS) is 25.2. The maximum absolute atomic E-state index is 13.8. The van der Waals surface area contributed by atoms with Crippen molar-refractivity contribution in [2.75, 3.05) is 13.2 Å². The number of hydrogen-bond donors (Lipinski definition) is 2. The lowest BCUT2D eigenvalue weighted by atomic mass is 9.70. The van der Waals surface area contributed by atoms with Crippen LogP contribution < -0.4 is 0 Å². The number of hydrogen-bond acceptors (Lipinski definition) is 5. The third-order valence-electron chi connectivity index (χ3n) is 8.16. The number of amides is 2. The number of ether oxygens (including phenoxy) is 1. The van der Waals surface area contributed by atoms with Crippen LogP contribution in [0.5, 0.6) is 5.75 Å². The first-order valence-electron chi connectivity index (χ1n) is 13.8. The molecule has 7 nitrogen and oxygen atoms in total. The molecule has 2 amide bonds. The fourth-order valence-electron chi connectivity index (χ4n) is 6.39. The number of allylic oxidation sites excluding steroid dienone is 2. The topological polar surface area (TPSA) is 104 Å². The molecule has 2 saturated heterocycles. The predicted molar refractivity (Wildman–Crippen MR) is 141 cm³/mol. The van der Waals surface area contributed by atoms with E-state index >= 15 is 0 Å². The number of benzene rings is 1. The summed E-state index contributed by atoms with van der Waals surface area (Å²) in [5.74, 6) is -2.85. The van der Waals surface area contributed by atoms with Gasteiger partial charge in [0.2, 0.25) is 11.8 Å². The zero-order valence-corrected chi connectivity index (χ0v) is 22.2. The Morgan fingerprint density at radius 3 is 2.63 bits per heavy atom. The van der Waals surface area contributed by atoms with Crippen molar-refractivity contribution in [2.45, 2.75) is 77.7 Å². The summed E-state index contributed by atoms with van der Waals surface area (Å²) in [6, 6.07) is 4.40. The fourth-order valence-corrected chi connectivity index (χ4v) is 6.39. The number of likely N-dealkylation sites (tertiary alicyclic amines) is 1. The van der Waals surface area contributed by atoms with Crippen molar-refractivity contribution >= 4 is 23.9 Å². The van der Waals surface area contributed by atoms with Crippen LogP contribution in [0.2, 0.25) is 0 Å². The molecule has 0 unspecified atom stereocenters. The molecule has 1 aromatic rings. The van der Waals surface area contributed by atoms with Crippen LogP contribution in [0.4, 0.5) is 4.39 Å².